The van der Waals surface area contributed by atoms with Crippen LogP contribution >= 0.6 is 15.9 Å². The summed E-state index contributed by atoms with van der Waals surface area (Å²) in [6, 6.07) is 2.32. The van der Waals surface area contributed by atoms with Crippen LogP contribution in [0.2, 0.25) is 0 Å². The number of aromatic nitrogens is 1. The predicted octanol–water partition coefficient (Wildman–Crippen LogP) is 2.03. The van der Waals surface area contributed by atoms with Crippen molar-refractivity contribution in [1.82, 2.24) is 10.4 Å². The lowest BCUT2D eigenvalue weighted by Crippen LogP contribution is -2.37. The van der Waals surface area contributed by atoms with Crippen LogP contribution in [0.1, 0.15) is 25.3 Å². The van der Waals surface area contributed by atoms with E-state index >= 15 is 0 Å². The van der Waals surface area contributed by atoms with E-state index in [1.807, 2.05) is 6.20 Å². The molecule has 4 nitrogen and oxygen atoms in total. The maximum absolute atomic E-state index is 5.56. The molecular formula is C12H20BrN3O. The number of rotatable bonds is 7. The fourth-order valence-electron chi connectivity index (χ4n) is 1.65. The zero-order chi connectivity index (χ0) is 12.7. The van der Waals surface area contributed by atoms with Gasteiger partial charge in [-0.15, -0.1) is 0 Å². The molecule has 17 heavy (non-hydrogen) atoms. The Balaban J connectivity index is 2.46. The molecule has 1 heterocycles. The van der Waals surface area contributed by atoms with E-state index in [0.29, 0.717) is 0 Å². The summed E-state index contributed by atoms with van der Waals surface area (Å²) in [5, 5.41) is 0. The molecule has 0 fully saturated rings. The van der Waals surface area contributed by atoms with Crippen LogP contribution in [0.5, 0.6) is 0 Å². The highest BCUT2D eigenvalue weighted by Crippen LogP contribution is 2.13. The van der Waals surface area contributed by atoms with Crippen molar-refractivity contribution in [1.29, 1.82) is 0 Å². The smallest absolute Gasteiger partial charge is 0.0543 e. The number of nitrogens with zero attached hydrogens (tertiary/aromatic N) is 1. The first-order valence-electron chi connectivity index (χ1n) is 5.74. The average molecular weight is 302 g/mol. The van der Waals surface area contributed by atoms with Crippen molar-refractivity contribution in [3.63, 3.8) is 0 Å². The molecular weight excluding hydrogens is 282 g/mol. The van der Waals surface area contributed by atoms with E-state index in [0.717, 1.165) is 23.7 Å². The van der Waals surface area contributed by atoms with Gasteiger partial charge in [0, 0.05) is 30.0 Å². The lowest BCUT2D eigenvalue weighted by atomic mass is 10.0. The third-order valence-electron chi connectivity index (χ3n) is 2.80. The third kappa shape index (κ3) is 5.59. The molecule has 0 saturated carbocycles. The van der Waals surface area contributed by atoms with Gasteiger partial charge in [-0.05, 0) is 53.7 Å². The average Bonchev–Trinajstić information content (AvgIpc) is 2.34. The SMILES string of the molecule is COC(C)CCC(Cc1cncc(Br)c1)NN. The Labute approximate surface area is 111 Å². The van der Waals surface area contributed by atoms with Crippen LogP contribution in [0.15, 0.2) is 22.9 Å². The molecule has 1 aromatic rings. The highest BCUT2D eigenvalue weighted by atomic mass is 79.9. The fraction of sp³-hybridized carbons (Fsp3) is 0.583. The second-order valence-electron chi connectivity index (χ2n) is 4.20. The van der Waals surface area contributed by atoms with Gasteiger partial charge in [-0.25, -0.2) is 0 Å². The third-order valence-corrected chi connectivity index (χ3v) is 3.24. The van der Waals surface area contributed by atoms with Crippen LogP contribution in [-0.4, -0.2) is 24.2 Å². The summed E-state index contributed by atoms with van der Waals surface area (Å²) in [7, 11) is 1.73. The minimum atomic E-state index is 0.253. The molecule has 0 aromatic carbocycles. The number of ether oxygens (including phenoxy) is 1. The highest BCUT2D eigenvalue weighted by molar-refractivity contribution is 9.10. The molecule has 0 radical (unpaired) electrons. The Bertz CT molecular complexity index is 335. The zero-order valence-electron chi connectivity index (χ0n) is 10.3. The summed E-state index contributed by atoms with van der Waals surface area (Å²) >= 11 is 3.41. The first kappa shape index (κ1) is 14.6. The van der Waals surface area contributed by atoms with Crippen molar-refractivity contribution < 1.29 is 4.74 Å². The first-order chi connectivity index (χ1) is 8.15. The van der Waals surface area contributed by atoms with Crippen molar-refractivity contribution in [2.45, 2.75) is 38.3 Å². The number of halogens is 1. The van der Waals surface area contributed by atoms with Gasteiger partial charge in [0.05, 0.1) is 6.10 Å². The Kier molecular flexibility index (Phi) is 6.65. The van der Waals surface area contributed by atoms with E-state index in [9.17, 15) is 0 Å². The van der Waals surface area contributed by atoms with E-state index < -0.39 is 0 Å². The summed E-state index contributed by atoms with van der Waals surface area (Å²) < 4.78 is 6.22. The number of hydrazine groups is 1. The number of hydrogen-bond donors (Lipinski definition) is 2. The molecule has 0 aliphatic carbocycles. The van der Waals surface area contributed by atoms with Crippen molar-refractivity contribution in [3.05, 3.63) is 28.5 Å². The van der Waals surface area contributed by atoms with E-state index in [1.165, 1.54) is 5.56 Å². The molecule has 0 aliphatic heterocycles. The minimum absolute atomic E-state index is 0.253. The predicted molar refractivity (Wildman–Crippen MR) is 72.5 cm³/mol. The van der Waals surface area contributed by atoms with Crippen molar-refractivity contribution in [2.75, 3.05) is 7.11 Å². The van der Waals surface area contributed by atoms with Gasteiger partial charge in [0.1, 0.15) is 0 Å². The quantitative estimate of drug-likeness (QED) is 0.598. The number of pyridine rings is 1. The van der Waals surface area contributed by atoms with Crippen LogP contribution in [0, 0.1) is 0 Å². The Morgan fingerprint density at radius 3 is 2.82 bits per heavy atom. The molecule has 3 N–H and O–H groups in total. The minimum Gasteiger partial charge on any atom is -0.382 e. The number of nitrogens with two attached hydrogens (primary N) is 1. The van der Waals surface area contributed by atoms with Crippen molar-refractivity contribution in [3.8, 4) is 0 Å². The molecule has 0 bridgehead atoms. The molecule has 0 spiro atoms. The molecule has 0 amide bonds. The maximum atomic E-state index is 5.56. The molecule has 0 aliphatic rings. The Hall–Kier alpha value is -0.490. The topological polar surface area (TPSA) is 60.2 Å². The Morgan fingerprint density at radius 2 is 2.24 bits per heavy atom. The summed E-state index contributed by atoms with van der Waals surface area (Å²) in [5.41, 5.74) is 4.02. The first-order valence-corrected chi connectivity index (χ1v) is 6.53. The van der Waals surface area contributed by atoms with Gasteiger partial charge in [-0.1, -0.05) is 0 Å². The van der Waals surface area contributed by atoms with Crippen molar-refractivity contribution >= 4 is 15.9 Å². The molecule has 2 atom stereocenters. The molecule has 1 rings (SSSR count). The number of methoxy groups -OCH3 is 1. The summed E-state index contributed by atoms with van der Waals surface area (Å²) in [4.78, 5) is 4.14. The van der Waals surface area contributed by atoms with Crippen LogP contribution in [0.4, 0.5) is 0 Å². The van der Waals surface area contributed by atoms with E-state index in [2.05, 4.69) is 39.3 Å². The standard InChI is InChI=1S/C12H20BrN3O/c1-9(17-2)3-4-12(16-14)6-10-5-11(13)8-15-7-10/h5,7-9,12,16H,3-4,6,14H2,1-2H3. The number of hydrogen-bond acceptors (Lipinski definition) is 4. The van der Waals surface area contributed by atoms with Gasteiger partial charge < -0.3 is 4.74 Å². The van der Waals surface area contributed by atoms with Gasteiger partial charge >= 0.3 is 0 Å². The molecule has 2 unspecified atom stereocenters. The molecule has 1 aromatic heterocycles. The maximum Gasteiger partial charge on any atom is 0.0543 e. The monoisotopic (exact) mass is 301 g/mol. The lowest BCUT2D eigenvalue weighted by molar-refractivity contribution is 0.106. The van der Waals surface area contributed by atoms with Crippen LogP contribution in [0.3, 0.4) is 0 Å². The van der Waals surface area contributed by atoms with Crippen molar-refractivity contribution in [2.24, 2.45) is 5.84 Å². The molecule has 5 heteroatoms. The number of nitrogens with one attached hydrogen (secondary N) is 1. The van der Waals surface area contributed by atoms with Crippen LogP contribution < -0.4 is 11.3 Å². The van der Waals surface area contributed by atoms with E-state index in [4.69, 9.17) is 10.6 Å². The van der Waals surface area contributed by atoms with Gasteiger partial charge in [0.2, 0.25) is 0 Å². The largest absolute Gasteiger partial charge is 0.382 e. The second-order valence-corrected chi connectivity index (χ2v) is 5.12. The normalized spacial score (nSPS) is 14.6. The molecule has 96 valence electrons. The summed E-state index contributed by atoms with van der Waals surface area (Å²) in [6.07, 6.45) is 6.77. The highest BCUT2D eigenvalue weighted by Gasteiger charge is 2.10. The van der Waals surface area contributed by atoms with Crippen LogP contribution in [0.25, 0.3) is 0 Å². The summed E-state index contributed by atoms with van der Waals surface area (Å²) in [5.74, 6) is 5.56. The summed E-state index contributed by atoms with van der Waals surface area (Å²) in [6.45, 7) is 2.06. The second kappa shape index (κ2) is 7.76. The van der Waals surface area contributed by atoms with E-state index in [-0.39, 0.29) is 12.1 Å². The fourth-order valence-corrected chi connectivity index (χ4v) is 2.06. The van der Waals surface area contributed by atoms with Crippen LogP contribution in [-0.2, 0) is 11.2 Å². The lowest BCUT2D eigenvalue weighted by Gasteiger charge is -2.18. The van der Waals surface area contributed by atoms with E-state index in [1.54, 1.807) is 13.3 Å². The van der Waals surface area contributed by atoms with Gasteiger partial charge in [-0.3, -0.25) is 16.3 Å². The van der Waals surface area contributed by atoms with Gasteiger partial charge in [-0.2, -0.15) is 0 Å². The van der Waals surface area contributed by atoms with Gasteiger partial charge in [0.15, 0.2) is 0 Å². The molecule has 0 saturated heterocycles. The van der Waals surface area contributed by atoms with Gasteiger partial charge in [0.25, 0.3) is 0 Å². The zero-order valence-corrected chi connectivity index (χ0v) is 11.9. The Morgan fingerprint density at radius 1 is 1.47 bits per heavy atom.